The average molecular weight is 244 g/mol. The zero-order valence-corrected chi connectivity index (χ0v) is 11.4. The van der Waals surface area contributed by atoms with Crippen LogP contribution < -0.4 is 0 Å². The molecule has 0 rings (SSSR count). The lowest BCUT2D eigenvalue weighted by atomic mass is 10.2. The zero-order valence-electron chi connectivity index (χ0n) is 9.69. The molecule has 0 aromatic rings. The first-order valence-corrected chi connectivity index (χ1v) is 5.47. The van der Waals surface area contributed by atoms with E-state index >= 15 is 0 Å². The lowest BCUT2D eigenvalue weighted by Crippen LogP contribution is -1.84. The Kier molecular flexibility index (Phi) is 25.1. The van der Waals surface area contributed by atoms with Crippen LogP contribution >= 0.6 is 24.8 Å². The van der Waals surface area contributed by atoms with Crippen LogP contribution in [-0.2, 0) is 4.79 Å². The van der Waals surface area contributed by atoms with Crippen molar-refractivity contribution in [3.63, 3.8) is 0 Å². The molecule has 0 N–H and O–H groups in total. The Hall–Kier alpha value is -0.670. The van der Waals surface area contributed by atoms with Gasteiger partial charge in [0.2, 0.25) is 0 Å². The van der Waals surface area contributed by atoms with Crippen molar-refractivity contribution in [3.05, 3.63) is 36.5 Å². The lowest BCUT2D eigenvalue weighted by Gasteiger charge is -1.93. The SMILES string of the molecule is C=C/C=C(\C=C/C)C(=S)S.C=O.CCC. The number of thiol groups is 1. The van der Waals surface area contributed by atoms with E-state index in [1.165, 1.54) is 6.42 Å². The summed E-state index contributed by atoms with van der Waals surface area (Å²) in [6.45, 7) is 11.7. The van der Waals surface area contributed by atoms with Crippen LogP contribution in [0.5, 0.6) is 0 Å². The van der Waals surface area contributed by atoms with E-state index in [2.05, 4.69) is 33.1 Å². The van der Waals surface area contributed by atoms with E-state index in [1.54, 1.807) is 6.08 Å². The molecular weight excluding hydrogens is 224 g/mol. The molecule has 0 bridgehead atoms. The van der Waals surface area contributed by atoms with Crippen LogP contribution in [-0.4, -0.2) is 11.0 Å². The van der Waals surface area contributed by atoms with Gasteiger partial charge in [-0.15, -0.1) is 12.6 Å². The van der Waals surface area contributed by atoms with E-state index in [9.17, 15) is 0 Å². The Morgan fingerprint density at radius 3 is 2.00 bits per heavy atom. The third-order valence-electron chi connectivity index (χ3n) is 0.891. The summed E-state index contributed by atoms with van der Waals surface area (Å²) in [5.74, 6) is 0. The van der Waals surface area contributed by atoms with Crippen molar-refractivity contribution in [2.24, 2.45) is 0 Å². The van der Waals surface area contributed by atoms with Crippen molar-refractivity contribution < 1.29 is 4.79 Å². The molecule has 3 heteroatoms. The van der Waals surface area contributed by atoms with Crippen LogP contribution in [0.1, 0.15) is 27.2 Å². The Morgan fingerprint density at radius 2 is 1.80 bits per heavy atom. The second-order valence-electron chi connectivity index (χ2n) is 2.37. The minimum atomic E-state index is 0.595. The van der Waals surface area contributed by atoms with E-state index in [-0.39, 0.29) is 0 Å². The number of rotatable bonds is 3. The molecule has 0 unspecified atom stereocenters. The monoisotopic (exact) mass is 244 g/mol. The van der Waals surface area contributed by atoms with Crippen LogP contribution in [0.2, 0.25) is 0 Å². The number of hydrogen-bond donors (Lipinski definition) is 1. The van der Waals surface area contributed by atoms with Gasteiger partial charge in [-0.1, -0.05) is 63.4 Å². The summed E-state index contributed by atoms with van der Waals surface area (Å²) in [5, 5.41) is 0. The predicted octanol–water partition coefficient (Wildman–Crippen LogP) is 4.16. The minimum Gasteiger partial charge on any atom is -0.307 e. The van der Waals surface area contributed by atoms with Crippen molar-refractivity contribution in [2.75, 3.05) is 0 Å². The van der Waals surface area contributed by atoms with Crippen molar-refractivity contribution in [1.82, 2.24) is 0 Å². The first kappa shape index (κ1) is 19.8. The molecule has 0 atom stereocenters. The van der Waals surface area contributed by atoms with Gasteiger partial charge in [0.05, 0.1) is 4.20 Å². The van der Waals surface area contributed by atoms with Gasteiger partial charge < -0.3 is 4.79 Å². The maximum Gasteiger partial charge on any atom is 0.106 e. The van der Waals surface area contributed by atoms with Gasteiger partial charge in [-0.3, -0.25) is 0 Å². The highest BCUT2D eigenvalue weighted by Crippen LogP contribution is 2.04. The molecule has 1 nitrogen and oxygen atoms in total. The van der Waals surface area contributed by atoms with Crippen molar-refractivity contribution in [1.29, 1.82) is 0 Å². The van der Waals surface area contributed by atoms with Gasteiger partial charge >= 0.3 is 0 Å². The fourth-order valence-corrected chi connectivity index (χ4v) is 0.790. The van der Waals surface area contributed by atoms with Crippen LogP contribution in [0.4, 0.5) is 0 Å². The maximum atomic E-state index is 8.00. The summed E-state index contributed by atoms with van der Waals surface area (Å²) in [7, 11) is 0. The topological polar surface area (TPSA) is 17.1 Å². The van der Waals surface area contributed by atoms with Gasteiger partial charge in [0.1, 0.15) is 6.79 Å². The van der Waals surface area contributed by atoms with Gasteiger partial charge in [-0.25, -0.2) is 0 Å². The zero-order chi connectivity index (χ0) is 12.7. The fourth-order valence-electron chi connectivity index (χ4n) is 0.505. The molecule has 86 valence electrons. The maximum absolute atomic E-state index is 8.00. The number of allylic oxidation sites excluding steroid dienone is 4. The van der Waals surface area contributed by atoms with Gasteiger partial charge in [-0.05, 0) is 12.5 Å². The van der Waals surface area contributed by atoms with Crippen molar-refractivity contribution in [2.45, 2.75) is 27.2 Å². The van der Waals surface area contributed by atoms with Gasteiger partial charge in [0.25, 0.3) is 0 Å². The minimum absolute atomic E-state index is 0.595. The smallest absolute Gasteiger partial charge is 0.106 e. The highest BCUT2D eigenvalue weighted by Gasteiger charge is 1.91. The highest BCUT2D eigenvalue weighted by atomic mass is 32.1. The largest absolute Gasteiger partial charge is 0.307 e. The Labute approximate surface area is 104 Å². The fraction of sp³-hybridized carbons (Fsp3) is 0.333. The molecule has 15 heavy (non-hydrogen) atoms. The molecule has 0 amide bonds. The Balaban J connectivity index is -0.000000245. The quantitative estimate of drug-likeness (QED) is 0.347. The number of carbonyl (C=O) groups excluding carboxylic acids is 1. The predicted molar refractivity (Wildman–Crippen MR) is 77.8 cm³/mol. The van der Waals surface area contributed by atoms with E-state index in [0.29, 0.717) is 4.20 Å². The molecule has 0 heterocycles. The molecule has 0 aromatic heterocycles. The molecule has 0 saturated carbocycles. The second kappa shape index (κ2) is 19.0. The standard InChI is InChI=1S/C8H10S2.C3H8.CH2O/c1-3-5-7(6-4-2)8(9)10;1-3-2;1-2/h3-6H,1H2,2H3,(H,9,10);3H2,1-2H3;1H2/b6-4-,7-5+;;. The summed E-state index contributed by atoms with van der Waals surface area (Å²) < 4.78 is 0.595. The molecule has 0 aromatic carbocycles. The molecule has 0 aliphatic heterocycles. The van der Waals surface area contributed by atoms with Crippen LogP contribution in [0, 0.1) is 0 Å². The van der Waals surface area contributed by atoms with Gasteiger partial charge in [0, 0.05) is 0 Å². The molecule has 0 saturated heterocycles. The number of thiocarbonyl (C=S) groups is 1. The first-order valence-electron chi connectivity index (χ1n) is 4.61. The van der Waals surface area contributed by atoms with E-state index in [4.69, 9.17) is 17.0 Å². The second-order valence-corrected chi connectivity index (χ2v) is 3.53. The molecular formula is C12H20OS2. The molecule has 0 radical (unpaired) electrons. The molecule has 0 fully saturated rings. The summed E-state index contributed by atoms with van der Waals surface area (Å²) in [4.78, 5) is 8.00. The van der Waals surface area contributed by atoms with E-state index in [0.717, 1.165) is 5.57 Å². The van der Waals surface area contributed by atoms with Crippen LogP contribution in [0.3, 0.4) is 0 Å². The van der Waals surface area contributed by atoms with E-state index < -0.39 is 0 Å². The average Bonchev–Trinajstić information content (AvgIpc) is 2.21. The Morgan fingerprint density at radius 1 is 1.40 bits per heavy atom. The summed E-state index contributed by atoms with van der Waals surface area (Å²) in [6, 6.07) is 0. The third kappa shape index (κ3) is 19.7. The molecule has 0 spiro atoms. The van der Waals surface area contributed by atoms with Gasteiger partial charge in [-0.2, -0.15) is 0 Å². The number of hydrogen-bond acceptors (Lipinski definition) is 2. The van der Waals surface area contributed by atoms with Crippen LogP contribution in [0.25, 0.3) is 0 Å². The van der Waals surface area contributed by atoms with Crippen molar-refractivity contribution in [3.8, 4) is 0 Å². The van der Waals surface area contributed by atoms with Gasteiger partial charge in [0.15, 0.2) is 0 Å². The highest BCUT2D eigenvalue weighted by molar-refractivity contribution is 8.11. The van der Waals surface area contributed by atoms with Crippen LogP contribution in [0.15, 0.2) is 36.5 Å². The molecule has 0 aliphatic carbocycles. The summed E-state index contributed by atoms with van der Waals surface area (Å²) in [6.07, 6.45) is 8.59. The summed E-state index contributed by atoms with van der Waals surface area (Å²) in [5.41, 5.74) is 0.927. The first-order chi connectivity index (χ1) is 7.13. The Bertz CT molecular complexity index is 218. The number of carbonyl (C=O) groups is 1. The third-order valence-corrected chi connectivity index (χ3v) is 1.38. The lowest BCUT2D eigenvalue weighted by molar-refractivity contribution is -0.0979. The summed E-state index contributed by atoms with van der Waals surface area (Å²) >= 11 is 8.87. The van der Waals surface area contributed by atoms with Crippen molar-refractivity contribution >= 4 is 35.8 Å². The molecule has 0 aliphatic rings. The van der Waals surface area contributed by atoms with E-state index in [1.807, 2.05) is 31.9 Å². The normalized spacial score (nSPS) is 9.47.